The fraction of sp³-hybridized carbons (Fsp3) is 0.615. The number of amides is 2. The Bertz CT molecular complexity index is 1120. The van der Waals surface area contributed by atoms with E-state index in [4.69, 9.17) is 0 Å². The minimum absolute atomic E-state index is 0.0676. The molecule has 1 saturated carbocycles. The van der Waals surface area contributed by atoms with Crippen LogP contribution in [0.15, 0.2) is 24.3 Å². The summed E-state index contributed by atoms with van der Waals surface area (Å²) in [4.78, 5) is 33.6. The number of benzene rings is 1. The molecule has 5 atom stereocenters. The maximum absolute atomic E-state index is 13.9. The molecule has 0 bridgehead atoms. The van der Waals surface area contributed by atoms with Crippen molar-refractivity contribution in [2.45, 2.75) is 51.2 Å². The molecular formula is C26H34N4O2. The summed E-state index contributed by atoms with van der Waals surface area (Å²) in [5.41, 5.74) is 3.52. The van der Waals surface area contributed by atoms with Crippen molar-refractivity contribution in [1.82, 2.24) is 19.3 Å². The molecule has 4 heterocycles. The Morgan fingerprint density at radius 1 is 1.16 bits per heavy atom. The van der Waals surface area contributed by atoms with Gasteiger partial charge < -0.3 is 19.3 Å². The number of rotatable bonds is 2. The molecule has 1 aliphatic carbocycles. The van der Waals surface area contributed by atoms with Crippen LogP contribution in [0.3, 0.4) is 0 Å². The standard InChI is InChI=1S/C26H34N4O2/c1-16-14-26-20(23(16)25(32)28-10-9-18(15-28)27(3)4)13-22(31)30(26)12-11-29-21-8-6-5-7-19(21)17(2)24(26)29/h5-8,16,18,20,23H,9-15H2,1-4H3/t16-,18?,20-,23+,26?/m0/s1. The average Bonchev–Trinajstić information content (AvgIpc) is 3.49. The van der Waals surface area contributed by atoms with Gasteiger partial charge in [-0.25, -0.2) is 0 Å². The Balaban J connectivity index is 1.45. The highest BCUT2D eigenvalue weighted by molar-refractivity contribution is 5.90. The van der Waals surface area contributed by atoms with Crippen LogP contribution in [-0.2, 0) is 21.7 Å². The van der Waals surface area contributed by atoms with Crippen LogP contribution < -0.4 is 0 Å². The Kier molecular flexibility index (Phi) is 4.33. The summed E-state index contributed by atoms with van der Waals surface area (Å²) in [6.07, 6.45) is 2.43. The number of carbonyl (C=O) groups excluding carboxylic acids is 2. The third-order valence-corrected chi connectivity index (χ3v) is 9.14. The lowest BCUT2D eigenvalue weighted by molar-refractivity contribution is -0.137. The summed E-state index contributed by atoms with van der Waals surface area (Å²) < 4.78 is 2.46. The van der Waals surface area contributed by atoms with Crippen molar-refractivity contribution in [2.75, 3.05) is 33.7 Å². The molecule has 1 spiro atoms. The number of fused-ring (bicyclic) bond motifs is 3. The Morgan fingerprint density at radius 2 is 1.94 bits per heavy atom. The number of aromatic nitrogens is 1. The first kappa shape index (κ1) is 20.3. The molecule has 0 N–H and O–H groups in total. The quantitative estimate of drug-likeness (QED) is 0.730. The second kappa shape index (κ2) is 6.83. The summed E-state index contributed by atoms with van der Waals surface area (Å²) in [6, 6.07) is 9.05. The zero-order valence-corrected chi connectivity index (χ0v) is 19.7. The largest absolute Gasteiger partial charge is 0.341 e. The normalized spacial score (nSPS) is 33.8. The number of nitrogens with zero attached hydrogens (tertiary/aromatic N) is 4. The lowest BCUT2D eigenvalue weighted by Gasteiger charge is -2.44. The highest BCUT2D eigenvalue weighted by Gasteiger charge is 2.66. The number of para-hydroxylation sites is 1. The van der Waals surface area contributed by atoms with Crippen LogP contribution in [0.5, 0.6) is 0 Å². The third kappa shape index (κ3) is 2.45. The van der Waals surface area contributed by atoms with Crippen LogP contribution in [0, 0.1) is 24.7 Å². The van der Waals surface area contributed by atoms with E-state index in [1.54, 1.807) is 0 Å². The van der Waals surface area contributed by atoms with Gasteiger partial charge in [-0.15, -0.1) is 0 Å². The van der Waals surface area contributed by atoms with Gasteiger partial charge in [-0.1, -0.05) is 25.1 Å². The maximum Gasteiger partial charge on any atom is 0.226 e. The average molecular weight is 435 g/mol. The predicted octanol–water partition coefficient (Wildman–Crippen LogP) is 2.83. The van der Waals surface area contributed by atoms with Crippen molar-refractivity contribution in [3.05, 3.63) is 35.5 Å². The van der Waals surface area contributed by atoms with Gasteiger partial charge in [0.2, 0.25) is 11.8 Å². The SMILES string of the molecule is Cc1c2n(c3ccccc13)CCN1C(=O)C[C@H]3[C@H](C(=O)N4CCC(N(C)C)C4)[C@@H](C)CC231. The number of likely N-dealkylation sites (tertiary alicyclic amines) is 1. The van der Waals surface area contributed by atoms with Gasteiger partial charge in [-0.3, -0.25) is 9.59 Å². The second-order valence-electron chi connectivity index (χ2n) is 10.8. The van der Waals surface area contributed by atoms with E-state index in [9.17, 15) is 9.59 Å². The van der Waals surface area contributed by atoms with E-state index < -0.39 is 0 Å². The van der Waals surface area contributed by atoms with E-state index in [1.165, 1.54) is 22.2 Å². The fourth-order valence-corrected chi connectivity index (χ4v) is 7.77. The van der Waals surface area contributed by atoms with E-state index in [0.717, 1.165) is 39.0 Å². The van der Waals surface area contributed by atoms with E-state index in [-0.39, 0.29) is 35.1 Å². The van der Waals surface area contributed by atoms with Crippen LogP contribution in [0.4, 0.5) is 0 Å². The van der Waals surface area contributed by atoms with Crippen molar-refractivity contribution in [2.24, 2.45) is 17.8 Å². The Hall–Kier alpha value is -2.34. The Morgan fingerprint density at radius 3 is 2.69 bits per heavy atom. The van der Waals surface area contributed by atoms with Crippen molar-refractivity contribution >= 4 is 22.7 Å². The lowest BCUT2D eigenvalue weighted by atomic mass is 9.78. The van der Waals surface area contributed by atoms with E-state index in [2.05, 4.69) is 71.5 Å². The van der Waals surface area contributed by atoms with Gasteiger partial charge in [-0.05, 0) is 51.4 Å². The Labute approximate surface area is 190 Å². The molecule has 4 aliphatic rings. The van der Waals surface area contributed by atoms with Crippen LogP contribution in [0.25, 0.3) is 10.9 Å². The summed E-state index contributed by atoms with van der Waals surface area (Å²) in [6.45, 7) is 7.70. The molecule has 2 unspecified atom stereocenters. The molecule has 1 aromatic carbocycles. The van der Waals surface area contributed by atoms with Crippen molar-refractivity contribution in [3.63, 3.8) is 0 Å². The third-order valence-electron chi connectivity index (χ3n) is 9.14. The number of carbonyl (C=O) groups is 2. The highest BCUT2D eigenvalue weighted by Crippen LogP contribution is 2.61. The van der Waals surface area contributed by atoms with Crippen molar-refractivity contribution in [1.29, 1.82) is 0 Å². The summed E-state index contributed by atoms with van der Waals surface area (Å²) >= 11 is 0. The monoisotopic (exact) mass is 434 g/mol. The molecule has 2 aromatic rings. The minimum Gasteiger partial charge on any atom is -0.341 e. The maximum atomic E-state index is 13.9. The molecule has 2 saturated heterocycles. The summed E-state index contributed by atoms with van der Waals surface area (Å²) in [5, 5.41) is 1.28. The first-order valence-electron chi connectivity index (χ1n) is 12.2. The van der Waals surface area contributed by atoms with Crippen LogP contribution >= 0.6 is 0 Å². The van der Waals surface area contributed by atoms with Gasteiger partial charge >= 0.3 is 0 Å². The summed E-state index contributed by atoms with van der Waals surface area (Å²) in [7, 11) is 4.20. The molecular weight excluding hydrogens is 400 g/mol. The van der Waals surface area contributed by atoms with Crippen LogP contribution in [0.1, 0.15) is 37.4 Å². The zero-order valence-electron chi connectivity index (χ0n) is 19.7. The number of aryl methyl sites for hydroxylation is 1. The molecule has 170 valence electrons. The smallest absolute Gasteiger partial charge is 0.226 e. The minimum atomic E-state index is -0.334. The van der Waals surface area contributed by atoms with Crippen LogP contribution in [-0.4, -0.2) is 70.9 Å². The van der Waals surface area contributed by atoms with Crippen LogP contribution in [0.2, 0.25) is 0 Å². The van der Waals surface area contributed by atoms with Gasteiger partial charge in [0, 0.05) is 67.1 Å². The number of hydrogen-bond donors (Lipinski definition) is 0. The lowest BCUT2D eigenvalue weighted by Crippen LogP contribution is -2.52. The fourth-order valence-electron chi connectivity index (χ4n) is 7.77. The van der Waals surface area contributed by atoms with Gasteiger partial charge in [0.05, 0.1) is 5.54 Å². The van der Waals surface area contributed by atoms with Gasteiger partial charge in [0.25, 0.3) is 0 Å². The molecule has 0 radical (unpaired) electrons. The number of hydrogen-bond acceptors (Lipinski definition) is 3. The number of likely N-dealkylation sites (N-methyl/N-ethyl adjacent to an activating group) is 1. The van der Waals surface area contributed by atoms with Crippen molar-refractivity contribution < 1.29 is 9.59 Å². The van der Waals surface area contributed by atoms with E-state index in [1.807, 2.05) is 0 Å². The van der Waals surface area contributed by atoms with E-state index >= 15 is 0 Å². The molecule has 3 fully saturated rings. The molecule has 6 nitrogen and oxygen atoms in total. The molecule has 6 rings (SSSR count). The first-order chi connectivity index (χ1) is 15.3. The first-order valence-corrected chi connectivity index (χ1v) is 12.2. The second-order valence-corrected chi connectivity index (χ2v) is 10.8. The molecule has 3 aliphatic heterocycles. The predicted molar refractivity (Wildman–Crippen MR) is 124 cm³/mol. The van der Waals surface area contributed by atoms with Gasteiger partial charge in [0.15, 0.2) is 0 Å². The van der Waals surface area contributed by atoms with E-state index in [0.29, 0.717) is 12.5 Å². The van der Waals surface area contributed by atoms with Gasteiger partial charge in [-0.2, -0.15) is 0 Å². The highest BCUT2D eigenvalue weighted by atomic mass is 16.2. The molecule has 1 aromatic heterocycles. The molecule has 6 heteroatoms. The topological polar surface area (TPSA) is 48.8 Å². The molecule has 32 heavy (non-hydrogen) atoms. The zero-order chi connectivity index (χ0) is 22.4. The molecule has 2 amide bonds. The van der Waals surface area contributed by atoms with Gasteiger partial charge in [0.1, 0.15) is 0 Å². The van der Waals surface area contributed by atoms with Crippen molar-refractivity contribution in [3.8, 4) is 0 Å². The summed E-state index contributed by atoms with van der Waals surface area (Å²) in [5.74, 6) is 0.782.